The number of hydrogen-bond acceptors (Lipinski definition) is 5. The maximum atomic E-state index is 12.3. The quantitative estimate of drug-likeness (QED) is 0.597. The molecule has 1 aliphatic rings. The number of carboxylic acid groups (broad SMARTS) is 1. The van der Waals surface area contributed by atoms with E-state index < -0.39 is 12.1 Å². The molecule has 0 spiro atoms. The van der Waals surface area contributed by atoms with Crippen LogP contribution in [0.15, 0.2) is 42.5 Å². The molecule has 0 bridgehead atoms. The maximum absolute atomic E-state index is 12.3. The zero-order valence-electron chi connectivity index (χ0n) is 14.5. The third-order valence-electron chi connectivity index (χ3n) is 3.85. The van der Waals surface area contributed by atoms with E-state index in [0.717, 1.165) is 0 Å². The van der Waals surface area contributed by atoms with Crippen LogP contribution in [0.4, 0.5) is 0 Å². The Balaban J connectivity index is 1.70. The molecule has 0 aromatic heterocycles. The van der Waals surface area contributed by atoms with Gasteiger partial charge in [-0.25, -0.2) is 4.79 Å². The van der Waals surface area contributed by atoms with Gasteiger partial charge in [-0.3, -0.25) is 4.79 Å². The number of aliphatic carboxylic acids is 1. The average molecular weight is 389 g/mol. The summed E-state index contributed by atoms with van der Waals surface area (Å²) in [6.45, 7) is 2.33. The van der Waals surface area contributed by atoms with Crippen molar-refractivity contribution in [1.82, 2.24) is 0 Å². The van der Waals surface area contributed by atoms with E-state index in [4.69, 9.17) is 30.9 Å². The van der Waals surface area contributed by atoms with E-state index in [0.29, 0.717) is 46.6 Å². The molecule has 1 N–H and O–H groups in total. The number of carboxylic acids is 1. The second kappa shape index (κ2) is 8.14. The summed E-state index contributed by atoms with van der Waals surface area (Å²) in [5.74, 6) is 0.173. The van der Waals surface area contributed by atoms with Crippen LogP contribution >= 0.6 is 11.6 Å². The molecule has 0 aliphatic carbocycles. The molecule has 1 atom stereocenters. The van der Waals surface area contributed by atoms with Gasteiger partial charge in [-0.15, -0.1) is 0 Å². The largest absolute Gasteiger partial charge is 0.486 e. The summed E-state index contributed by atoms with van der Waals surface area (Å²) in [7, 11) is 0. The van der Waals surface area contributed by atoms with Crippen molar-refractivity contribution in [3.05, 3.63) is 58.6 Å². The highest BCUT2D eigenvalue weighted by molar-refractivity contribution is 6.32. The smallest absolute Gasteiger partial charge is 0.344 e. The van der Waals surface area contributed by atoms with Gasteiger partial charge in [0.05, 0.1) is 5.02 Å². The third kappa shape index (κ3) is 4.60. The first kappa shape index (κ1) is 18.8. The average Bonchev–Trinajstić information content (AvgIpc) is 2.66. The molecule has 6 nitrogen and oxygen atoms in total. The number of allylic oxidation sites excluding steroid dienone is 1. The Bertz CT molecular complexity index is 888. The number of ketones is 1. The fourth-order valence-corrected chi connectivity index (χ4v) is 2.72. The zero-order valence-corrected chi connectivity index (χ0v) is 15.2. The van der Waals surface area contributed by atoms with Gasteiger partial charge in [0.25, 0.3) is 0 Å². The Kier molecular flexibility index (Phi) is 5.66. The van der Waals surface area contributed by atoms with Gasteiger partial charge in [0.1, 0.15) is 19.0 Å². The van der Waals surface area contributed by atoms with Crippen molar-refractivity contribution in [3.8, 4) is 17.2 Å². The normalized spacial score (nSPS) is 14.0. The molecule has 0 unspecified atom stereocenters. The van der Waals surface area contributed by atoms with Crippen LogP contribution in [0.3, 0.4) is 0 Å². The number of fused-ring (bicyclic) bond motifs is 1. The van der Waals surface area contributed by atoms with Crippen molar-refractivity contribution < 1.29 is 28.9 Å². The summed E-state index contributed by atoms with van der Waals surface area (Å²) < 4.78 is 16.2. The minimum absolute atomic E-state index is 0.209. The van der Waals surface area contributed by atoms with Crippen molar-refractivity contribution in [2.45, 2.75) is 13.0 Å². The fourth-order valence-electron chi connectivity index (χ4n) is 2.45. The predicted octanol–water partition coefficient (Wildman–Crippen LogP) is 3.86. The second-order valence-corrected chi connectivity index (χ2v) is 6.25. The molecule has 27 heavy (non-hydrogen) atoms. The molecule has 3 rings (SSSR count). The maximum Gasteiger partial charge on any atom is 0.344 e. The van der Waals surface area contributed by atoms with E-state index in [1.165, 1.54) is 13.0 Å². The lowest BCUT2D eigenvalue weighted by molar-refractivity contribution is -0.144. The number of rotatable bonds is 6. The van der Waals surface area contributed by atoms with Gasteiger partial charge in [0, 0.05) is 5.56 Å². The number of hydrogen-bond donors (Lipinski definition) is 1. The van der Waals surface area contributed by atoms with Crippen LogP contribution in [0.25, 0.3) is 6.08 Å². The fraction of sp³-hybridized carbons (Fsp3) is 0.200. The van der Waals surface area contributed by atoms with E-state index in [1.54, 1.807) is 42.5 Å². The second-order valence-electron chi connectivity index (χ2n) is 5.85. The van der Waals surface area contributed by atoms with Crippen LogP contribution in [0.2, 0.25) is 5.02 Å². The van der Waals surface area contributed by atoms with Crippen LogP contribution in [-0.2, 0) is 4.79 Å². The molecule has 0 amide bonds. The van der Waals surface area contributed by atoms with Crippen LogP contribution in [0.1, 0.15) is 22.8 Å². The number of halogens is 1. The monoisotopic (exact) mass is 388 g/mol. The molecule has 7 heteroatoms. The lowest BCUT2D eigenvalue weighted by Crippen LogP contribution is -2.22. The highest BCUT2D eigenvalue weighted by Crippen LogP contribution is 2.38. The Morgan fingerprint density at radius 2 is 1.89 bits per heavy atom. The molecule has 1 aliphatic heterocycles. The first-order valence-corrected chi connectivity index (χ1v) is 8.63. The first-order valence-electron chi connectivity index (χ1n) is 8.25. The van der Waals surface area contributed by atoms with Crippen molar-refractivity contribution >= 4 is 29.4 Å². The van der Waals surface area contributed by atoms with Crippen LogP contribution in [0.5, 0.6) is 17.2 Å². The molecular formula is C20H17ClO6. The Labute approximate surface area is 160 Å². The van der Waals surface area contributed by atoms with E-state index >= 15 is 0 Å². The topological polar surface area (TPSA) is 82.1 Å². The molecular weight excluding hydrogens is 372 g/mol. The summed E-state index contributed by atoms with van der Waals surface area (Å²) in [4.78, 5) is 23.1. The van der Waals surface area contributed by atoms with Crippen molar-refractivity contribution in [2.24, 2.45) is 0 Å². The molecule has 2 aromatic carbocycles. The number of carbonyl (C=O) groups excluding carboxylic acids is 1. The SMILES string of the molecule is C[C@@H](Oc1ccc(C(=O)/C=C\c2cc(Cl)c3c(c2)OCCO3)cc1)C(=O)O. The van der Waals surface area contributed by atoms with Crippen LogP contribution < -0.4 is 14.2 Å². The number of carbonyl (C=O) groups is 2. The van der Waals surface area contributed by atoms with Crippen molar-refractivity contribution in [1.29, 1.82) is 0 Å². The Hall–Kier alpha value is -2.99. The number of ether oxygens (including phenoxy) is 3. The van der Waals surface area contributed by atoms with Gasteiger partial charge >= 0.3 is 5.97 Å². The van der Waals surface area contributed by atoms with Gasteiger partial charge in [-0.2, -0.15) is 0 Å². The van der Waals surface area contributed by atoms with Gasteiger partial charge in [-0.05, 0) is 55.0 Å². The lowest BCUT2D eigenvalue weighted by Gasteiger charge is -2.19. The Morgan fingerprint density at radius 1 is 1.19 bits per heavy atom. The van der Waals surface area contributed by atoms with Crippen molar-refractivity contribution in [2.75, 3.05) is 13.2 Å². The summed E-state index contributed by atoms with van der Waals surface area (Å²) >= 11 is 6.18. The van der Waals surface area contributed by atoms with Gasteiger partial charge < -0.3 is 19.3 Å². The highest BCUT2D eigenvalue weighted by Gasteiger charge is 2.16. The van der Waals surface area contributed by atoms with Crippen molar-refractivity contribution in [3.63, 3.8) is 0 Å². The minimum atomic E-state index is -1.06. The molecule has 140 valence electrons. The zero-order chi connectivity index (χ0) is 19.4. The minimum Gasteiger partial charge on any atom is -0.486 e. The molecule has 0 saturated carbocycles. The lowest BCUT2D eigenvalue weighted by atomic mass is 10.1. The Morgan fingerprint density at radius 3 is 2.59 bits per heavy atom. The summed E-state index contributed by atoms with van der Waals surface area (Å²) in [6, 6.07) is 9.72. The summed E-state index contributed by atoms with van der Waals surface area (Å²) in [6.07, 6.45) is 2.10. The van der Waals surface area contributed by atoms with E-state index in [9.17, 15) is 9.59 Å². The molecule has 2 aromatic rings. The molecule has 0 radical (unpaired) electrons. The van der Waals surface area contributed by atoms with E-state index in [-0.39, 0.29) is 5.78 Å². The molecule has 0 fully saturated rings. The van der Waals surface area contributed by atoms with E-state index in [2.05, 4.69) is 0 Å². The standard InChI is InChI=1S/C20H17ClO6/c1-12(20(23)24)27-15-5-3-14(4-6-15)17(22)7-2-13-10-16(21)19-18(11-13)25-8-9-26-19/h2-7,10-12H,8-9H2,1H3,(H,23,24)/b7-2-/t12-/m1/s1. The van der Waals surface area contributed by atoms with E-state index in [1.807, 2.05) is 0 Å². The van der Waals surface area contributed by atoms with Crippen LogP contribution in [-0.4, -0.2) is 36.2 Å². The molecule has 0 saturated heterocycles. The van der Waals surface area contributed by atoms with Gasteiger partial charge in [0.2, 0.25) is 0 Å². The van der Waals surface area contributed by atoms with Crippen LogP contribution in [0, 0.1) is 0 Å². The third-order valence-corrected chi connectivity index (χ3v) is 4.13. The summed E-state index contributed by atoms with van der Waals surface area (Å²) in [5.41, 5.74) is 1.16. The van der Waals surface area contributed by atoms with Gasteiger partial charge in [-0.1, -0.05) is 17.7 Å². The summed E-state index contributed by atoms with van der Waals surface area (Å²) in [5, 5.41) is 9.27. The number of benzene rings is 2. The highest BCUT2D eigenvalue weighted by atomic mass is 35.5. The molecule has 1 heterocycles. The first-order chi connectivity index (χ1) is 12.9. The predicted molar refractivity (Wildman–Crippen MR) is 100.0 cm³/mol. The van der Waals surface area contributed by atoms with Gasteiger partial charge in [0.15, 0.2) is 23.4 Å².